The second-order valence-electron chi connectivity index (χ2n) is 5.78. The van der Waals surface area contributed by atoms with E-state index in [4.69, 9.17) is 9.47 Å². The Morgan fingerprint density at radius 2 is 2.11 bits per heavy atom. The molecule has 1 aliphatic carbocycles. The van der Waals surface area contributed by atoms with Gasteiger partial charge < -0.3 is 14.8 Å². The zero-order valence-electron chi connectivity index (χ0n) is 12.1. The molecule has 1 rings (SSSR count). The monoisotopic (exact) mass is 269 g/mol. The minimum absolute atomic E-state index is 0.0932. The Balaban J connectivity index is 2.66. The molecule has 0 bridgehead atoms. The summed E-state index contributed by atoms with van der Waals surface area (Å²) in [5, 5.41) is 2.63. The van der Waals surface area contributed by atoms with E-state index in [2.05, 4.69) is 11.9 Å². The molecule has 108 valence electrons. The van der Waals surface area contributed by atoms with E-state index in [1.54, 1.807) is 26.8 Å². The molecule has 1 N–H and O–H groups in total. The largest absolute Gasteiger partial charge is 0.464 e. The van der Waals surface area contributed by atoms with Crippen molar-refractivity contribution in [1.29, 1.82) is 0 Å². The standard InChI is InChI=1S/C14H23NO4/c1-6-8-18-11(16)14(9-10(14)7-2)15-12(17)19-13(3,4)5/h7,10H,2,6,8-9H2,1,3-5H3,(H,15,17). The second-order valence-corrected chi connectivity index (χ2v) is 5.78. The summed E-state index contributed by atoms with van der Waals surface area (Å²) in [6.07, 6.45) is 2.31. The molecule has 1 saturated carbocycles. The minimum Gasteiger partial charge on any atom is -0.464 e. The van der Waals surface area contributed by atoms with Crippen molar-refractivity contribution in [3.8, 4) is 0 Å². The molecular formula is C14H23NO4. The number of carbonyl (C=O) groups is 2. The smallest absolute Gasteiger partial charge is 0.408 e. The van der Waals surface area contributed by atoms with E-state index in [9.17, 15) is 9.59 Å². The molecule has 1 amide bonds. The lowest BCUT2D eigenvalue weighted by Crippen LogP contribution is -2.47. The summed E-state index contributed by atoms with van der Waals surface area (Å²) in [5.74, 6) is -0.505. The number of ether oxygens (including phenoxy) is 2. The van der Waals surface area contributed by atoms with Gasteiger partial charge in [-0.1, -0.05) is 13.0 Å². The Kier molecular flexibility index (Phi) is 4.61. The summed E-state index contributed by atoms with van der Waals surface area (Å²) in [6.45, 7) is 11.2. The van der Waals surface area contributed by atoms with Crippen molar-refractivity contribution in [2.75, 3.05) is 6.61 Å². The highest BCUT2D eigenvalue weighted by Gasteiger charge is 2.61. The predicted octanol–water partition coefficient (Wildman–Crippen LogP) is 2.41. The van der Waals surface area contributed by atoms with Gasteiger partial charge in [0.2, 0.25) is 0 Å². The molecule has 0 aromatic carbocycles. The second kappa shape index (κ2) is 5.63. The Bertz CT molecular complexity index is 372. The van der Waals surface area contributed by atoms with Gasteiger partial charge in [-0.25, -0.2) is 9.59 Å². The molecule has 0 aromatic rings. The van der Waals surface area contributed by atoms with Crippen molar-refractivity contribution in [1.82, 2.24) is 5.32 Å². The summed E-state index contributed by atoms with van der Waals surface area (Å²) in [6, 6.07) is 0. The Hall–Kier alpha value is -1.52. The Morgan fingerprint density at radius 3 is 2.53 bits per heavy atom. The number of esters is 1. The molecule has 5 nitrogen and oxygen atoms in total. The van der Waals surface area contributed by atoms with E-state index < -0.39 is 23.2 Å². The van der Waals surface area contributed by atoms with Crippen molar-refractivity contribution >= 4 is 12.1 Å². The van der Waals surface area contributed by atoms with Crippen LogP contribution in [0.1, 0.15) is 40.5 Å². The summed E-state index contributed by atoms with van der Waals surface area (Å²) in [7, 11) is 0. The van der Waals surface area contributed by atoms with Gasteiger partial charge in [0.25, 0.3) is 0 Å². The maximum Gasteiger partial charge on any atom is 0.408 e. The summed E-state index contributed by atoms with van der Waals surface area (Å²) in [5.41, 5.74) is -1.59. The highest BCUT2D eigenvalue weighted by Crippen LogP contribution is 2.45. The molecule has 2 unspecified atom stereocenters. The first-order valence-corrected chi connectivity index (χ1v) is 6.56. The van der Waals surface area contributed by atoms with Gasteiger partial charge in [0.15, 0.2) is 0 Å². The third-order valence-corrected chi connectivity index (χ3v) is 2.82. The zero-order valence-corrected chi connectivity index (χ0v) is 12.1. The average Bonchev–Trinajstić information content (AvgIpc) is 2.97. The molecule has 0 aromatic heterocycles. The van der Waals surface area contributed by atoms with Crippen LogP contribution in [0.5, 0.6) is 0 Å². The molecule has 2 atom stereocenters. The molecule has 19 heavy (non-hydrogen) atoms. The van der Waals surface area contributed by atoms with Crippen LogP contribution in [0, 0.1) is 5.92 Å². The van der Waals surface area contributed by atoms with Crippen molar-refractivity contribution in [2.24, 2.45) is 5.92 Å². The Labute approximate surface area is 114 Å². The number of hydrogen-bond donors (Lipinski definition) is 1. The topological polar surface area (TPSA) is 64.6 Å². The summed E-state index contributed by atoms with van der Waals surface area (Å²) >= 11 is 0. The van der Waals surface area contributed by atoms with Crippen molar-refractivity contribution in [3.05, 3.63) is 12.7 Å². The van der Waals surface area contributed by atoms with Crippen LogP contribution in [0.4, 0.5) is 4.79 Å². The highest BCUT2D eigenvalue weighted by atomic mass is 16.6. The lowest BCUT2D eigenvalue weighted by Gasteiger charge is -2.23. The van der Waals surface area contributed by atoms with Crippen LogP contribution in [0.15, 0.2) is 12.7 Å². The number of alkyl carbamates (subject to hydrolysis) is 1. The highest BCUT2D eigenvalue weighted by molar-refractivity contribution is 5.90. The van der Waals surface area contributed by atoms with E-state index in [0.717, 1.165) is 6.42 Å². The number of hydrogen-bond acceptors (Lipinski definition) is 4. The first-order chi connectivity index (χ1) is 8.75. The van der Waals surface area contributed by atoms with Gasteiger partial charge >= 0.3 is 12.1 Å². The number of nitrogens with one attached hydrogen (secondary N) is 1. The summed E-state index contributed by atoms with van der Waals surface area (Å²) in [4.78, 5) is 23.8. The number of carbonyl (C=O) groups excluding carboxylic acids is 2. The normalized spacial score (nSPS) is 25.4. The molecule has 0 heterocycles. The zero-order chi connectivity index (χ0) is 14.7. The van der Waals surface area contributed by atoms with E-state index in [0.29, 0.717) is 13.0 Å². The van der Waals surface area contributed by atoms with Crippen LogP contribution in [0.25, 0.3) is 0 Å². The van der Waals surface area contributed by atoms with Crippen molar-refractivity contribution in [2.45, 2.75) is 51.7 Å². The minimum atomic E-state index is -0.987. The van der Waals surface area contributed by atoms with Gasteiger partial charge in [-0.05, 0) is 33.6 Å². The fourth-order valence-corrected chi connectivity index (χ4v) is 1.81. The van der Waals surface area contributed by atoms with Gasteiger partial charge in [0.1, 0.15) is 11.1 Å². The van der Waals surface area contributed by atoms with E-state index >= 15 is 0 Å². The van der Waals surface area contributed by atoms with Crippen LogP contribution in [0.3, 0.4) is 0 Å². The number of amides is 1. The molecule has 0 radical (unpaired) electrons. The SMILES string of the molecule is C=CC1CC1(NC(=O)OC(C)(C)C)C(=O)OCCC. The van der Waals surface area contributed by atoms with Crippen molar-refractivity contribution in [3.63, 3.8) is 0 Å². The van der Waals surface area contributed by atoms with E-state index in [1.807, 2.05) is 6.92 Å². The molecule has 1 aliphatic rings. The fraction of sp³-hybridized carbons (Fsp3) is 0.714. The Morgan fingerprint density at radius 1 is 1.47 bits per heavy atom. The first-order valence-electron chi connectivity index (χ1n) is 6.56. The third kappa shape index (κ3) is 3.98. The summed E-state index contributed by atoms with van der Waals surface area (Å²) < 4.78 is 10.3. The van der Waals surface area contributed by atoms with E-state index in [1.165, 1.54) is 0 Å². The molecule has 0 spiro atoms. The molecule has 5 heteroatoms. The van der Waals surface area contributed by atoms with E-state index in [-0.39, 0.29) is 5.92 Å². The number of rotatable bonds is 5. The fourth-order valence-electron chi connectivity index (χ4n) is 1.81. The molecular weight excluding hydrogens is 246 g/mol. The third-order valence-electron chi connectivity index (χ3n) is 2.82. The average molecular weight is 269 g/mol. The lowest BCUT2D eigenvalue weighted by atomic mass is 10.2. The van der Waals surface area contributed by atoms with Crippen LogP contribution in [-0.4, -0.2) is 29.8 Å². The molecule has 0 saturated heterocycles. The lowest BCUT2D eigenvalue weighted by molar-refractivity contribution is -0.147. The van der Waals surface area contributed by atoms with Gasteiger partial charge in [0.05, 0.1) is 6.61 Å². The van der Waals surface area contributed by atoms with Crippen molar-refractivity contribution < 1.29 is 19.1 Å². The molecule has 0 aliphatic heterocycles. The van der Waals surface area contributed by atoms with Gasteiger partial charge in [-0.15, -0.1) is 6.58 Å². The quantitative estimate of drug-likeness (QED) is 0.615. The maximum absolute atomic E-state index is 12.0. The van der Waals surface area contributed by atoms with Gasteiger partial charge in [-0.3, -0.25) is 0 Å². The van der Waals surface area contributed by atoms with Crippen LogP contribution >= 0.6 is 0 Å². The van der Waals surface area contributed by atoms with Crippen LogP contribution in [0.2, 0.25) is 0 Å². The van der Waals surface area contributed by atoms with Gasteiger partial charge in [-0.2, -0.15) is 0 Å². The first kappa shape index (κ1) is 15.5. The van der Waals surface area contributed by atoms with Crippen LogP contribution in [-0.2, 0) is 14.3 Å². The van der Waals surface area contributed by atoms with Crippen LogP contribution < -0.4 is 5.32 Å². The maximum atomic E-state index is 12.0. The molecule has 1 fully saturated rings. The predicted molar refractivity (Wildman–Crippen MR) is 71.7 cm³/mol. The van der Waals surface area contributed by atoms with Gasteiger partial charge in [0, 0.05) is 5.92 Å².